The molecule has 1 aliphatic heterocycles. The topological polar surface area (TPSA) is 38.7 Å². The zero-order valence-electron chi connectivity index (χ0n) is 8.12. The highest BCUT2D eigenvalue weighted by molar-refractivity contribution is 14.2. The van der Waals surface area contributed by atoms with Crippen molar-refractivity contribution in [1.82, 2.24) is 0 Å². The van der Waals surface area contributed by atoms with E-state index in [4.69, 9.17) is 14.6 Å². The molecule has 14 heavy (non-hydrogen) atoms. The van der Waals surface area contributed by atoms with Crippen LogP contribution in [0.4, 0.5) is 0 Å². The average Bonchev–Trinajstić information content (AvgIpc) is 2.41. The summed E-state index contributed by atoms with van der Waals surface area (Å²) in [5, 5.41) is 11.9. The van der Waals surface area contributed by atoms with Gasteiger partial charge in [-0.3, -0.25) is 0 Å². The molecule has 0 bridgehead atoms. The summed E-state index contributed by atoms with van der Waals surface area (Å²) in [4.78, 5) is 0. The van der Waals surface area contributed by atoms with Gasteiger partial charge in [-0.1, -0.05) is 5.92 Å². The van der Waals surface area contributed by atoms with E-state index in [-0.39, 0.29) is 18.8 Å². The van der Waals surface area contributed by atoms with Crippen LogP contribution in [0.3, 0.4) is 0 Å². The van der Waals surface area contributed by atoms with Gasteiger partial charge in [0.15, 0.2) is 5.79 Å². The Morgan fingerprint density at radius 1 is 1.43 bits per heavy atom. The standard InChI is InChI=1S/C9H13IO3S/c1-9(2)12-7(4-3-5-14-10)8(6-11)13-9/h7-8,11H,4,6H2,1-2H3/t7-,8+/m0/s1. The number of rotatable bonds is 2. The Bertz CT molecular complexity index is 246. The van der Waals surface area contributed by atoms with E-state index in [0.29, 0.717) is 6.42 Å². The van der Waals surface area contributed by atoms with Crippen molar-refractivity contribution in [2.45, 2.75) is 38.3 Å². The smallest absolute Gasteiger partial charge is 0.163 e. The van der Waals surface area contributed by atoms with Gasteiger partial charge in [0.1, 0.15) is 12.2 Å². The van der Waals surface area contributed by atoms with Gasteiger partial charge in [0.25, 0.3) is 0 Å². The third-order valence-electron chi connectivity index (χ3n) is 1.88. The second-order valence-corrected chi connectivity index (χ2v) is 5.13. The first-order chi connectivity index (χ1) is 6.59. The fraction of sp³-hybridized carbons (Fsp3) is 0.778. The van der Waals surface area contributed by atoms with Crippen LogP contribution < -0.4 is 0 Å². The molecule has 0 saturated carbocycles. The molecule has 5 heteroatoms. The number of hydrogen-bond donors (Lipinski definition) is 1. The molecule has 1 heterocycles. The van der Waals surface area contributed by atoms with Gasteiger partial charge in [0.05, 0.1) is 6.61 Å². The van der Waals surface area contributed by atoms with E-state index in [1.54, 1.807) is 0 Å². The van der Waals surface area contributed by atoms with Crippen molar-refractivity contribution in [3.05, 3.63) is 0 Å². The van der Waals surface area contributed by atoms with E-state index >= 15 is 0 Å². The number of aliphatic hydroxyl groups excluding tert-OH is 1. The molecule has 1 saturated heterocycles. The predicted octanol–water partition coefficient (Wildman–Crippen LogP) is 1.93. The van der Waals surface area contributed by atoms with Gasteiger partial charge in [-0.25, -0.2) is 0 Å². The third kappa shape index (κ3) is 3.59. The van der Waals surface area contributed by atoms with Gasteiger partial charge in [0.2, 0.25) is 0 Å². The Kier molecular flexibility index (Phi) is 5.00. The molecule has 0 aromatic rings. The normalized spacial score (nSPS) is 29.7. The number of ether oxygens (including phenoxy) is 2. The number of hydrogen-bond acceptors (Lipinski definition) is 4. The van der Waals surface area contributed by atoms with Crippen LogP contribution in [0.25, 0.3) is 0 Å². The van der Waals surface area contributed by atoms with Crippen LogP contribution in [0.5, 0.6) is 0 Å². The fourth-order valence-corrected chi connectivity index (χ4v) is 2.01. The van der Waals surface area contributed by atoms with Crippen molar-refractivity contribution in [2.24, 2.45) is 0 Å². The first-order valence-electron chi connectivity index (χ1n) is 4.31. The lowest BCUT2D eigenvalue weighted by atomic mass is 10.1. The van der Waals surface area contributed by atoms with Crippen molar-refractivity contribution in [3.63, 3.8) is 0 Å². The van der Waals surface area contributed by atoms with Crippen LogP contribution >= 0.6 is 30.1 Å². The van der Waals surface area contributed by atoms with E-state index in [9.17, 15) is 0 Å². The molecule has 1 rings (SSSR count). The molecule has 2 atom stereocenters. The summed E-state index contributed by atoms with van der Waals surface area (Å²) in [5.74, 6) is 2.37. The van der Waals surface area contributed by atoms with Crippen molar-refractivity contribution >= 4 is 30.1 Å². The predicted molar refractivity (Wildman–Crippen MR) is 64.9 cm³/mol. The molecule has 0 aromatic heterocycles. The van der Waals surface area contributed by atoms with E-state index in [1.165, 1.54) is 8.93 Å². The molecular formula is C9H13IO3S. The Balaban J connectivity index is 2.51. The van der Waals surface area contributed by atoms with Crippen LogP contribution in [0, 0.1) is 11.2 Å². The van der Waals surface area contributed by atoms with Crippen LogP contribution in [0.1, 0.15) is 20.3 Å². The van der Waals surface area contributed by atoms with Crippen molar-refractivity contribution in [1.29, 1.82) is 0 Å². The number of aliphatic hydroxyl groups is 1. The van der Waals surface area contributed by atoms with Crippen molar-refractivity contribution < 1.29 is 14.6 Å². The summed E-state index contributed by atoms with van der Waals surface area (Å²) >= 11 is 2.12. The summed E-state index contributed by atoms with van der Waals surface area (Å²) in [6.07, 6.45) is 0.231. The molecule has 0 amide bonds. The lowest BCUT2D eigenvalue weighted by Crippen LogP contribution is -2.25. The SMILES string of the molecule is CC1(C)O[C@@H](CC#CSI)[C@@H](CO)O1. The molecule has 0 radical (unpaired) electrons. The van der Waals surface area contributed by atoms with Crippen LogP contribution in [-0.4, -0.2) is 29.7 Å². The summed E-state index contributed by atoms with van der Waals surface area (Å²) in [6.45, 7) is 3.67. The molecule has 1 fully saturated rings. The van der Waals surface area contributed by atoms with Crippen LogP contribution in [0.2, 0.25) is 0 Å². The largest absolute Gasteiger partial charge is 0.394 e. The van der Waals surface area contributed by atoms with Gasteiger partial charge < -0.3 is 14.6 Å². The van der Waals surface area contributed by atoms with Gasteiger partial charge in [-0.15, -0.1) is 0 Å². The molecular weight excluding hydrogens is 315 g/mol. The molecule has 0 aromatic carbocycles. The monoisotopic (exact) mass is 328 g/mol. The average molecular weight is 328 g/mol. The maximum atomic E-state index is 9.07. The Morgan fingerprint density at radius 3 is 2.64 bits per heavy atom. The minimum Gasteiger partial charge on any atom is -0.394 e. The first-order valence-corrected chi connectivity index (χ1v) is 7.67. The summed E-state index contributed by atoms with van der Waals surface area (Å²) in [6, 6.07) is 0. The van der Waals surface area contributed by atoms with Crippen molar-refractivity contribution in [3.8, 4) is 11.2 Å². The molecule has 1 aliphatic rings. The minimum absolute atomic E-state index is 0.0207. The van der Waals surface area contributed by atoms with Crippen molar-refractivity contribution in [2.75, 3.05) is 6.61 Å². The second-order valence-electron chi connectivity index (χ2n) is 3.46. The summed E-state index contributed by atoms with van der Waals surface area (Å²) in [5.41, 5.74) is 0. The van der Waals surface area contributed by atoms with Gasteiger partial charge in [-0.2, -0.15) is 0 Å². The molecule has 0 aliphatic carbocycles. The van der Waals surface area contributed by atoms with Crippen LogP contribution in [0.15, 0.2) is 0 Å². The lowest BCUT2D eigenvalue weighted by molar-refractivity contribution is -0.148. The maximum Gasteiger partial charge on any atom is 0.163 e. The molecule has 80 valence electrons. The number of halogens is 1. The van der Waals surface area contributed by atoms with E-state index in [1.807, 2.05) is 13.8 Å². The molecule has 0 unspecified atom stereocenters. The summed E-state index contributed by atoms with van der Waals surface area (Å²) < 4.78 is 11.1. The van der Waals surface area contributed by atoms with E-state index < -0.39 is 5.79 Å². The fourth-order valence-electron chi connectivity index (χ4n) is 1.41. The molecule has 1 N–H and O–H groups in total. The minimum atomic E-state index is -0.600. The Hall–Kier alpha value is 0.520. The van der Waals surface area contributed by atoms with Gasteiger partial charge >= 0.3 is 0 Å². The molecule has 0 spiro atoms. The molecule has 3 nitrogen and oxygen atoms in total. The lowest BCUT2D eigenvalue weighted by Gasteiger charge is -2.16. The zero-order chi connectivity index (χ0) is 10.6. The van der Waals surface area contributed by atoms with E-state index in [0.717, 1.165) is 0 Å². The van der Waals surface area contributed by atoms with E-state index in [2.05, 4.69) is 32.4 Å². The highest BCUT2D eigenvalue weighted by atomic mass is 127. The van der Waals surface area contributed by atoms with Crippen LogP contribution in [-0.2, 0) is 9.47 Å². The van der Waals surface area contributed by atoms with Gasteiger partial charge in [-0.05, 0) is 28.0 Å². The highest BCUT2D eigenvalue weighted by Crippen LogP contribution is 2.29. The van der Waals surface area contributed by atoms with Gasteiger partial charge in [0, 0.05) is 27.6 Å². The Labute approximate surface area is 101 Å². The first kappa shape index (κ1) is 12.6. The quantitative estimate of drug-likeness (QED) is 0.621. The third-order valence-corrected chi connectivity index (χ3v) is 2.76. The highest BCUT2D eigenvalue weighted by Gasteiger charge is 2.40. The summed E-state index contributed by atoms with van der Waals surface area (Å²) in [7, 11) is 1.44. The Morgan fingerprint density at radius 2 is 2.07 bits per heavy atom. The second kappa shape index (κ2) is 5.56. The maximum absolute atomic E-state index is 9.07. The zero-order valence-corrected chi connectivity index (χ0v) is 11.1.